The highest BCUT2D eigenvalue weighted by molar-refractivity contribution is 6.00. The molecule has 2 rings (SSSR count). The Kier molecular flexibility index (Phi) is 8.14. The van der Waals surface area contributed by atoms with E-state index in [-0.39, 0.29) is 28.9 Å². The van der Waals surface area contributed by atoms with Gasteiger partial charge in [0.15, 0.2) is 12.4 Å². The first-order valence-electron chi connectivity index (χ1n) is 10.8. The van der Waals surface area contributed by atoms with E-state index in [1.54, 1.807) is 12.1 Å². The molecule has 0 bridgehead atoms. The minimum Gasteiger partial charge on any atom is -0.477 e. The Morgan fingerprint density at radius 2 is 1.75 bits per heavy atom. The van der Waals surface area contributed by atoms with E-state index < -0.39 is 10.8 Å². The molecule has 0 aliphatic carbocycles. The Labute approximate surface area is 190 Å². The molecular formula is C25H33N3O4. The number of rotatable bonds is 9. The van der Waals surface area contributed by atoms with Crippen LogP contribution in [0.3, 0.4) is 0 Å². The highest BCUT2D eigenvalue weighted by Crippen LogP contribution is 2.39. The van der Waals surface area contributed by atoms with Gasteiger partial charge in [-0.15, -0.1) is 0 Å². The van der Waals surface area contributed by atoms with E-state index >= 15 is 0 Å². The summed E-state index contributed by atoms with van der Waals surface area (Å²) in [5.41, 5.74) is 4.64. The number of carbonyl (C=O) groups is 1. The van der Waals surface area contributed by atoms with Crippen LogP contribution in [0.15, 0.2) is 53.6 Å². The van der Waals surface area contributed by atoms with Gasteiger partial charge in [0.1, 0.15) is 0 Å². The van der Waals surface area contributed by atoms with E-state index in [1.807, 2.05) is 43.3 Å². The number of hydrogen-bond acceptors (Lipinski definition) is 5. The van der Waals surface area contributed by atoms with Crippen molar-refractivity contribution >= 4 is 17.3 Å². The maximum atomic E-state index is 12.2. The van der Waals surface area contributed by atoms with Crippen molar-refractivity contribution in [2.75, 3.05) is 6.61 Å². The molecule has 1 N–H and O–H groups in total. The zero-order valence-corrected chi connectivity index (χ0v) is 19.8. The predicted molar refractivity (Wildman–Crippen MR) is 127 cm³/mol. The van der Waals surface area contributed by atoms with Gasteiger partial charge in [0, 0.05) is 6.07 Å². The van der Waals surface area contributed by atoms with Crippen molar-refractivity contribution in [3.63, 3.8) is 0 Å². The summed E-state index contributed by atoms with van der Waals surface area (Å²) in [5, 5.41) is 15.8. The monoisotopic (exact) mass is 439 g/mol. The number of nitrogens with one attached hydrogen (secondary N) is 1. The molecule has 0 aromatic heterocycles. The van der Waals surface area contributed by atoms with Crippen LogP contribution in [0.25, 0.3) is 0 Å². The van der Waals surface area contributed by atoms with Crippen LogP contribution in [0.4, 0.5) is 5.69 Å². The van der Waals surface area contributed by atoms with Crippen LogP contribution in [0.5, 0.6) is 5.75 Å². The van der Waals surface area contributed by atoms with Gasteiger partial charge in [-0.3, -0.25) is 14.9 Å². The maximum absolute atomic E-state index is 12.2. The summed E-state index contributed by atoms with van der Waals surface area (Å²) in [5.74, 6) is -0.429. The summed E-state index contributed by atoms with van der Waals surface area (Å²) in [4.78, 5) is 23.4. The highest BCUT2D eigenvalue weighted by Gasteiger charge is 2.29. The van der Waals surface area contributed by atoms with E-state index in [4.69, 9.17) is 4.74 Å². The standard InChI is InChI=1S/C25H33N3O4/c1-7-20(18-11-9-8-10-12-18)26-27-23(29)16-32-22-14-13-19(15-21(22)28(30)31)25(5,6)17-24(2,3)4/h8-15H,7,16-17H2,1-6H3,(H,27,29). The van der Waals surface area contributed by atoms with E-state index in [0.29, 0.717) is 6.42 Å². The second kappa shape index (κ2) is 10.4. The van der Waals surface area contributed by atoms with Gasteiger partial charge in [0.2, 0.25) is 0 Å². The van der Waals surface area contributed by atoms with E-state index in [2.05, 4.69) is 45.1 Å². The van der Waals surface area contributed by atoms with Crippen molar-refractivity contribution < 1.29 is 14.5 Å². The van der Waals surface area contributed by atoms with Gasteiger partial charge < -0.3 is 4.74 Å². The molecular weight excluding hydrogens is 406 g/mol. The lowest BCUT2D eigenvalue weighted by Gasteiger charge is -2.33. The molecule has 2 aromatic rings. The molecule has 0 saturated carbocycles. The summed E-state index contributed by atoms with van der Waals surface area (Å²) < 4.78 is 5.48. The smallest absolute Gasteiger partial charge is 0.311 e. The first kappa shape index (κ1) is 25.0. The molecule has 0 aliphatic heterocycles. The molecule has 1 amide bonds. The summed E-state index contributed by atoms with van der Waals surface area (Å²) in [6.07, 6.45) is 1.50. The molecule has 0 heterocycles. The van der Waals surface area contributed by atoms with E-state index in [1.165, 1.54) is 0 Å². The SMILES string of the molecule is CCC(=NNC(=O)COc1ccc(C(C)(C)CC(C)(C)C)cc1[N+](=O)[O-])c1ccccc1. The van der Waals surface area contributed by atoms with Crippen molar-refractivity contribution in [3.05, 3.63) is 69.8 Å². The van der Waals surface area contributed by atoms with Crippen LogP contribution < -0.4 is 10.2 Å². The molecule has 0 radical (unpaired) electrons. The Morgan fingerprint density at radius 1 is 1.09 bits per heavy atom. The van der Waals surface area contributed by atoms with Gasteiger partial charge >= 0.3 is 5.69 Å². The van der Waals surface area contributed by atoms with Crippen molar-refractivity contribution in [1.29, 1.82) is 0 Å². The minimum atomic E-state index is -0.488. The molecule has 0 aliphatic rings. The summed E-state index contributed by atoms with van der Waals surface area (Å²) in [7, 11) is 0. The van der Waals surface area contributed by atoms with Gasteiger partial charge in [-0.25, -0.2) is 5.43 Å². The van der Waals surface area contributed by atoms with Crippen LogP contribution in [-0.2, 0) is 10.2 Å². The molecule has 32 heavy (non-hydrogen) atoms. The zero-order chi connectivity index (χ0) is 23.9. The highest BCUT2D eigenvalue weighted by atomic mass is 16.6. The van der Waals surface area contributed by atoms with Crippen molar-refractivity contribution in [2.45, 2.75) is 59.8 Å². The third kappa shape index (κ3) is 7.18. The molecule has 0 fully saturated rings. The van der Waals surface area contributed by atoms with Crippen LogP contribution in [0.1, 0.15) is 65.5 Å². The normalized spacial score (nSPS) is 12.4. The Bertz CT molecular complexity index is 976. The summed E-state index contributed by atoms with van der Waals surface area (Å²) >= 11 is 0. The van der Waals surface area contributed by atoms with Gasteiger partial charge in [0.05, 0.1) is 10.6 Å². The summed E-state index contributed by atoms with van der Waals surface area (Å²) in [6.45, 7) is 12.1. The van der Waals surface area contributed by atoms with Crippen LogP contribution in [0, 0.1) is 15.5 Å². The lowest BCUT2D eigenvalue weighted by molar-refractivity contribution is -0.385. The van der Waals surface area contributed by atoms with Gasteiger partial charge in [0.25, 0.3) is 5.91 Å². The Balaban J connectivity index is 2.11. The Hall–Kier alpha value is -3.22. The minimum absolute atomic E-state index is 0.0585. The lowest BCUT2D eigenvalue weighted by atomic mass is 9.72. The second-order valence-electron chi connectivity index (χ2n) is 9.66. The first-order chi connectivity index (χ1) is 14.9. The van der Waals surface area contributed by atoms with E-state index in [9.17, 15) is 14.9 Å². The quantitative estimate of drug-likeness (QED) is 0.312. The molecule has 0 unspecified atom stereocenters. The number of amides is 1. The fourth-order valence-corrected chi connectivity index (χ4v) is 3.91. The average Bonchev–Trinajstić information content (AvgIpc) is 2.71. The largest absolute Gasteiger partial charge is 0.477 e. The van der Waals surface area contributed by atoms with Crippen molar-refractivity contribution in [1.82, 2.24) is 5.43 Å². The lowest BCUT2D eigenvalue weighted by Crippen LogP contribution is -2.26. The number of nitrogens with zero attached hydrogens (tertiary/aromatic N) is 2. The molecule has 7 nitrogen and oxygen atoms in total. The number of carbonyl (C=O) groups excluding carboxylic acids is 1. The molecule has 0 atom stereocenters. The van der Waals surface area contributed by atoms with E-state index in [0.717, 1.165) is 23.3 Å². The molecule has 0 spiro atoms. The van der Waals surface area contributed by atoms with Gasteiger partial charge in [-0.2, -0.15) is 5.10 Å². The summed E-state index contributed by atoms with van der Waals surface area (Å²) in [6, 6.07) is 14.5. The zero-order valence-electron chi connectivity index (χ0n) is 19.8. The van der Waals surface area contributed by atoms with Crippen LogP contribution in [-0.4, -0.2) is 23.1 Å². The molecule has 172 valence electrons. The van der Waals surface area contributed by atoms with Gasteiger partial charge in [-0.1, -0.05) is 77.9 Å². The molecule has 0 saturated heterocycles. The molecule has 7 heteroatoms. The van der Waals surface area contributed by atoms with Crippen LogP contribution >= 0.6 is 0 Å². The fraction of sp³-hybridized carbons (Fsp3) is 0.440. The number of nitro benzene ring substituents is 1. The first-order valence-corrected chi connectivity index (χ1v) is 10.8. The number of ether oxygens (including phenoxy) is 1. The van der Waals surface area contributed by atoms with Gasteiger partial charge in [-0.05, 0) is 40.9 Å². The van der Waals surface area contributed by atoms with Crippen molar-refractivity contribution in [2.24, 2.45) is 10.5 Å². The topological polar surface area (TPSA) is 93.8 Å². The van der Waals surface area contributed by atoms with Crippen LogP contribution in [0.2, 0.25) is 0 Å². The number of hydrogen-bond donors (Lipinski definition) is 1. The predicted octanol–water partition coefficient (Wildman–Crippen LogP) is 5.62. The maximum Gasteiger partial charge on any atom is 0.311 e. The average molecular weight is 440 g/mol. The van der Waals surface area contributed by atoms with Crippen molar-refractivity contribution in [3.8, 4) is 5.75 Å². The molecule has 2 aromatic carbocycles. The third-order valence-corrected chi connectivity index (χ3v) is 5.03. The third-order valence-electron chi connectivity index (χ3n) is 5.03. The Morgan fingerprint density at radius 3 is 2.31 bits per heavy atom. The second-order valence-corrected chi connectivity index (χ2v) is 9.66. The number of benzene rings is 2. The number of hydrazone groups is 1. The fourth-order valence-electron chi connectivity index (χ4n) is 3.91. The number of nitro groups is 1.